The van der Waals surface area contributed by atoms with E-state index >= 15 is 0 Å². The maximum absolute atomic E-state index is 12.6. The van der Waals surface area contributed by atoms with E-state index in [4.69, 9.17) is 11.0 Å². The number of nitro groups is 1. The van der Waals surface area contributed by atoms with E-state index in [1.165, 1.54) is 6.07 Å². The number of alkyl halides is 3. The summed E-state index contributed by atoms with van der Waals surface area (Å²) >= 11 is 0. The second kappa shape index (κ2) is 4.33. The fraction of sp³-hybridized carbons (Fsp3) is 0.111. The Hall–Kier alpha value is -2.63. The van der Waals surface area contributed by atoms with Crippen LogP contribution in [0.5, 0.6) is 0 Å². The summed E-state index contributed by atoms with van der Waals surface area (Å²) in [6.45, 7) is 0. The first-order valence-electron chi connectivity index (χ1n) is 4.28. The molecule has 0 radical (unpaired) electrons. The highest BCUT2D eigenvalue weighted by atomic mass is 19.4. The van der Waals surface area contributed by atoms with Gasteiger partial charge in [0.25, 0.3) is 11.6 Å². The molecular weight excluding hydrogens is 255 g/mol. The van der Waals surface area contributed by atoms with Crippen molar-refractivity contribution in [2.75, 3.05) is 0 Å². The van der Waals surface area contributed by atoms with Gasteiger partial charge in [-0.1, -0.05) is 0 Å². The second-order valence-electron chi connectivity index (χ2n) is 3.12. The molecule has 1 rings (SSSR count). The molecule has 1 aromatic carbocycles. The molecule has 6 nitrogen and oxygen atoms in total. The van der Waals surface area contributed by atoms with Gasteiger partial charge in [-0.25, -0.2) is 0 Å². The highest BCUT2D eigenvalue weighted by Gasteiger charge is 2.40. The Kier molecular flexibility index (Phi) is 3.23. The van der Waals surface area contributed by atoms with E-state index in [9.17, 15) is 28.1 Å². The molecule has 1 amide bonds. The number of halogens is 3. The van der Waals surface area contributed by atoms with Gasteiger partial charge in [-0.3, -0.25) is 14.9 Å². The number of rotatable bonds is 2. The van der Waals surface area contributed by atoms with Crippen LogP contribution in [0.2, 0.25) is 0 Å². The van der Waals surface area contributed by atoms with Gasteiger partial charge in [-0.2, -0.15) is 18.4 Å². The molecule has 0 fully saturated rings. The van der Waals surface area contributed by atoms with Crippen molar-refractivity contribution in [2.24, 2.45) is 5.73 Å². The summed E-state index contributed by atoms with van der Waals surface area (Å²) in [5.74, 6) is -1.62. The van der Waals surface area contributed by atoms with Crippen LogP contribution in [0.4, 0.5) is 18.9 Å². The van der Waals surface area contributed by atoms with Gasteiger partial charge in [0.1, 0.15) is 17.2 Å². The molecule has 0 aliphatic carbocycles. The number of nitrogens with two attached hydrogens (primary N) is 1. The Morgan fingerprint density at radius 2 is 2.00 bits per heavy atom. The number of hydrogen-bond acceptors (Lipinski definition) is 4. The molecule has 0 heterocycles. The summed E-state index contributed by atoms with van der Waals surface area (Å²) in [5.41, 5.74) is -0.0350. The van der Waals surface area contributed by atoms with Gasteiger partial charge in [-0.15, -0.1) is 0 Å². The number of benzene rings is 1. The van der Waals surface area contributed by atoms with Crippen molar-refractivity contribution in [2.45, 2.75) is 6.18 Å². The standard InChI is InChI=1S/C9H4F3N3O3/c10-9(11,12)5-2-1-4(3-13)7(15(17)18)6(5)8(14)16/h1-2H,(H2,14,16). The molecule has 9 heteroatoms. The van der Waals surface area contributed by atoms with Crippen LogP contribution in [0.3, 0.4) is 0 Å². The molecule has 0 saturated heterocycles. The number of carbonyl (C=O) groups excluding carboxylic acids is 1. The molecule has 1 aromatic rings. The lowest BCUT2D eigenvalue weighted by molar-refractivity contribution is -0.385. The summed E-state index contributed by atoms with van der Waals surface area (Å²) in [4.78, 5) is 20.4. The van der Waals surface area contributed by atoms with E-state index in [0.717, 1.165) is 0 Å². The third kappa shape index (κ3) is 2.22. The minimum atomic E-state index is -4.98. The summed E-state index contributed by atoms with van der Waals surface area (Å²) in [6, 6.07) is 2.36. The topological polar surface area (TPSA) is 110 Å². The molecule has 0 saturated carbocycles. The van der Waals surface area contributed by atoms with Gasteiger partial charge >= 0.3 is 6.18 Å². The van der Waals surface area contributed by atoms with Crippen molar-refractivity contribution in [1.82, 2.24) is 0 Å². The van der Waals surface area contributed by atoms with E-state index in [0.29, 0.717) is 12.1 Å². The largest absolute Gasteiger partial charge is 0.417 e. The lowest BCUT2D eigenvalue weighted by Crippen LogP contribution is -2.21. The van der Waals surface area contributed by atoms with Crippen LogP contribution in [0.25, 0.3) is 0 Å². The van der Waals surface area contributed by atoms with Crippen molar-refractivity contribution in [1.29, 1.82) is 5.26 Å². The monoisotopic (exact) mass is 259 g/mol. The molecule has 0 aromatic heterocycles. The second-order valence-corrected chi connectivity index (χ2v) is 3.12. The lowest BCUT2D eigenvalue weighted by atomic mass is 10.0. The zero-order valence-corrected chi connectivity index (χ0v) is 8.49. The van der Waals surface area contributed by atoms with Gasteiger partial charge in [0.05, 0.1) is 10.5 Å². The average molecular weight is 259 g/mol. The van der Waals surface area contributed by atoms with Crippen molar-refractivity contribution in [3.8, 4) is 6.07 Å². The third-order valence-corrected chi connectivity index (χ3v) is 2.03. The van der Waals surface area contributed by atoms with Crippen LogP contribution in [0.15, 0.2) is 12.1 Å². The Morgan fingerprint density at radius 3 is 2.33 bits per heavy atom. The molecule has 18 heavy (non-hydrogen) atoms. The first-order chi connectivity index (χ1) is 8.20. The molecule has 0 aliphatic rings. The van der Waals surface area contributed by atoms with E-state index in [2.05, 4.69) is 0 Å². The van der Waals surface area contributed by atoms with E-state index in [1.54, 1.807) is 0 Å². The van der Waals surface area contributed by atoms with Gasteiger partial charge in [0.2, 0.25) is 0 Å². The average Bonchev–Trinajstić information content (AvgIpc) is 2.25. The molecule has 0 atom stereocenters. The van der Waals surface area contributed by atoms with Crippen LogP contribution in [-0.4, -0.2) is 10.8 Å². The van der Waals surface area contributed by atoms with Gasteiger partial charge < -0.3 is 5.73 Å². The van der Waals surface area contributed by atoms with Crippen molar-refractivity contribution < 1.29 is 22.9 Å². The first kappa shape index (κ1) is 13.4. The number of amides is 1. The Bertz CT molecular complexity index is 575. The van der Waals surface area contributed by atoms with Crippen molar-refractivity contribution in [3.05, 3.63) is 38.9 Å². The Morgan fingerprint density at radius 1 is 1.44 bits per heavy atom. The predicted octanol–water partition coefficient (Wildman–Crippen LogP) is 1.58. The van der Waals surface area contributed by atoms with Gasteiger partial charge in [0, 0.05) is 0 Å². The smallest absolute Gasteiger partial charge is 0.365 e. The zero-order valence-electron chi connectivity index (χ0n) is 8.49. The maximum Gasteiger partial charge on any atom is 0.417 e. The number of nitriles is 1. The maximum atomic E-state index is 12.6. The highest BCUT2D eigenvalue weighted by molar-refractivity contribution is 5.99. The molecule has 0 aliphatic heterocycles. The summed E-state index contributed by atoms with van der Waals surface area (Å²) in [5, 5.41) is 19.2. The summed E-state index contributed by atoms with van der Waals surface area (Å²) in [7, 11) is 0. The van der Waals surface area contributed by atoms with Crippen molar-refractivity contribution >= 4 is 11.6 Å². The van der Waals surface area contributed by atoms with Crippen LogP contribution in [-0.2, 0) is 6.18 Å². The minimum absolute atomic E-state index is 0.408. The quantitative estimate of drug-likeness (QED) is 0.642. The van der Waals surface area contributed by atoms with E-state index in [-0.39, 0.29) is 0 Å². The number of nitro benzene ring substituents is 1. The van der Waals surface area contributed by atoms with Crippen LogP contribution >= 0.6 is 0 Å². The molecule has 0 unspecified atom stereocenters. The lowest BCUT2D eigenvalue weighted by Gasteiger charge is -2.11. The number of nitrogens with zero attached hydrogens (tertiary/aromatic N) is 2. The number of hydrogen-bond donors (Lipinski definition) is 1. The Labute approximate surface area is 97.6 Å². The number of primary amides is 1. The van der Waals surface area contributed by atoms with E-state index < -0.39 is 39.4 Å². The molecule has 0 bridgehead atoms. The predicted molar refractivity (Wildman–Crippen MR) is 51.3 cm³/mol. The van der Waals surface area contributed by atoms with Gasteiger partial charge in [0.15, 0.2) is 0 Å². The normalized spacial score (nSPS) is 10.8. The molecule has 2 N–H and O–H groups in total. The zero-order chi connectivity index (χ0) is 14.1. The first-order valence-corrected chi connectivity index (χ1v) is 4.28. The number of carbonyl (C=O) groups is 1. The molecule has 0 spiro atoms. The minimum Gasteiger partial charge on any atom is -0.365 e. The SMILES string of the molecule is N#Cc1ccc(C(F)(F)F)c(C(N)=O)c1[N+](=O)[O-]. The van der Waals surface area contributed by atoms with Crippen LogP contribution < -0.4 is 5.73 Å². The fourth-order valence-electron chi connectivity index (χ4n) is 1.36. The summed E-state index contributed by atoms with van der Waals surface area (Å²) < 4.78 is 37.7. The van der Waals surface area contributed by atoms with Crippen LogP contribution in [0, 0.1) is 21.4 Å². The van der Waals surface area contributed by atoms with Gasteiger partial charge in [-0.05, 0) is 12.1 Å². The van der Waals surface area contributed by atoms with E-state index in [1.807, 2.05) is 0 Å². The summed E-state index contributed by atoms with van der Waals surface area (Å²) in [6.07, 6.45) is -4.98. The fourth-order valence-corrected chi connectivity index (χ4v) is 1.36. The van der Waals surface area contributed by atoms with Crippen molar-refractivity contribution in [3.63, 3.8) is 0 Å². The molecule has 94 valence electrons. The highest BCUT2D eigenvalue weighted by Crippen LogP contribution is 2.37. The third-order valence-electron chi connectivity index (χ3n) is 2.03. The molecular formula is C9H4F3N3O3. The Balaban J connectivity index is 3.81. The van der Waals surface area contributed by atoms with Crippen LogP contribution in [0.1, 0.15) is 21.5 Å².